The molecule has 0 aliphatic heterocycles. The Morgan fingerprint density at radius 2 is 2.09 bits per heavy atom. The van der Waals surface area contributed by atoms with Crippen molar-refractivity contribution in [3.05, 3.63) is 24.3 Å². The summed E-state index contributed by atoms with van der Waals surface area (Å²) >= 11 is 0. The molecule has 1 N–H and O–H groups in total. The molecular weight excluding hydrogens is 268 g/mol. The van der Waals surface area contributed by atoms with E-state index in [0.29, 0.717) is 0 Å². The number of hydrogen-bond donors (Lipinski definition) is 1. The van der Waals surface area contributed by atoms with Crippen LogP contribution in [0.15, 0.2) is 24.3 Å². The van der Waals surface area contributed by atoms with Crippen LogP contribution in [-0.4, -0.2) is 10.7 Å². The molecule has 22 heavy (non-hydrogen) atoms. The highest BCUT2D eigenvalue weighted by atomic mass is 16.3. The van der Waals surface area contributed by atoms with Crippen LogP contribution in [0.5, 0.6) is 0 Å². The summed E-state index contributed by atoms with van der Waals surface area (Å²) in [6.45, 7) is 6.31. The monoisotopic (exact) mass is 300 g/mol. The minimum Gasteiger partial charge on any atom is -0.389 e. The van der Waals surface area contributed by atoms with Crippen molar-refractivity contribution < 1.29 is 5.11 Å². The Labute approximate surface area is 135 Å². The molecule has 0 aromatic carbocycles. The summed E-state index contributed by atoms with van der Waals surface area (Å²) < 4.78 is 0. The highest BCUT2D eigenvalue weighted by molar-refractivity contribution is 5.20. The van der Waals surface area contributed by atoms with Gasteiger partial charge in [0.1, 0.15) is 0 Å². The SMILES string of the molecule is C=CC[C@@]1(O)CC[C@@H]2[C@H]3CCC4=CCCC[C@H]4[C@@H]3CC[C@]21C. The Morgan fingerprint density at radius 1 is 1.23 bits per heavy atom. The van der Waals surface area contributed by atoms with Gasteiger partial charge in [0.15, 0.2) is 0 Å². The van der Waals surface area contributed by atoms with E-state index < -0.39 is 5.60 Å². The molecular formula is C21H32O. The first-order chi connectivity index (χ1) is 10.6. The second-order valence-electron chi connectivity index (χ2n) is 8.81. The molecule has 4 aliphatic carbocycles. The second-order valence-corrected chi connectivity index (χ2v) is 8.81. The van der Waals surface area contributed by atoms with Crippen molar-refractivity contribution in [2.45, 2.75) is 76.7 Å². The standard InChI is InChI=1S/C21H32O/c1-3-12-21(22)14-11-19-18-9-8-15-6-4-5-7-16(15)17(18)10-13-20(19,21)2/h3,6,16-19,22H,1,4-5,7-14H2,2H3/t16-,17+,18+,19-,20-,21-/m1/s1. The second kappa shape index (κ2) is 5.23. The molecule has 122 valence electrons. The number of aliphatic hydroxyl groups is 1. The van der Waals surface area contributed by atoms with Gasteiger partial charge >= 0.3 is 0 Å². The molecule has 4 rings (SSSR count). The van der Waals surface area contributed by atoms with Crippen molar-refractivity contribution in [2.24, 2.45) is 29.1 Å². The summed E-state index contributed by atoms with van der Waals surface area (Å²) in [4.78, 5) is 0. The predicted octanol–water partition coefficient (Wildman–Crippen LogP) is 5.26. The van der Waals surface area contributed by atoms with Gasteiger partial charge in [0.25, 0.3) is 0 Å². The van der Waals surface area contributed by atoms with Gasteiger partial charge in [-0.2, -0.15) is 0 Å². The van der Waals surface area contributed by atoms with Gasteiger partial charge in [-0.1, -0.05) is 24.6 Å². The Kier molecular flexibility index (Phi) is 3.56. The smallest absolute Gasteiger partial charge is 0.0738 e. The van der Waals surface area contributed by atoms with Crippen LogP contribution in [0.4, 0.5) is 0 Å². The molecule has 0 spiro atoms. The average Bonchev–Trinajstić information content (AvgIpc) is 2.79. The van der Waals surface area contributed by atoms with Crippen molar-refractivity contribution in [2.75, 3.05) is 0 Å². The number of fused-ring (bicyclic) bond motifs is 5. The molecule has 4 aliphatic rings. The van der Waals surface area contributed by atoms with Gasteiger partial charge in [-0.25, -0.2) is 0 Å². The van der Waals surface area contributed by atoms with Gasteiger partial charge in [0.05, 0.1) is 5.60 Å². The van der Waals surface area contributed by atoms with Crippen LogP contribution in [0.1, 0.15) is 71.1 Å². The van der Waals surface area contributed by atoms with E-state index in [1.54, 1.807) is 5.57 Å². The van der Waals surface area contributed by atoms with Crippen LogP contribution in [0, 0.1) is 29.1 Å². The quantitative estimate of drug-likeness (QED) is 0.690. The Morgan fingerprint density at radius 3 is 2.91 bits per heavy atom. The fourth-order valence-electron chi connectivity index (χ4n) is 6.99. The van der Waals surface area contributed by atoms with Crippen molar-refractivity contribution in [1.29, 1.82) is 0 Å². The molecule has 0 saturated heterocycles. The maximum absolute atomic E-state index is 11.3. The minimum absolute atomic E-state index is 0.137. The third-order valence-electron chi connectivity index (χ3n) is 8.18. The van der Waals surface area contributed by atoms with Crippen LogP contribution in [0.25, 0.3) is 0 Å². The maximum Gasteiger partial charge on any atom is 0.0738 e. The molecule has 0 aromatic rings. The lowest BCUT2D eigenvalue weighted by atomic mass is 9.50. The largest absolute Gasteiger partial charge is 0.389 e. The first-order valence-corrected chi connectivity index (χ1v) is 9.61. The minimum atomic E-state index is -0.479. The van der Waals surface area contributed by atoms with Crippen LogP contribution in [-0.2, 0) is 0 Å². The van der Waals surface area contributed by atoms with Gasteiger partial charge in [0, 0.05) is 0 Å². The average molecular weight is 300 g/mol. The summed E-state index contributed by atoms with van der Waals surface area (Å²) in [7, 11) is 0. The topological polar surface area (TPSA) is 20.2 Å². The lowest BCUT2D eigenvalue weighted by molar-refractivity contribution is -0.115. The first-order valence-electron chi connectivity index (χ1n) is 9.61. The Bertz CT molecular complexity index is 492. The summed E-state index contributed by atoms with van der Waals surface area (Å²) in [6.07, 6.45) is 17.0. The van der Waals surface area contributed by atoms with Gasteiger partial charge in [-0.3, -0.25) is 0 Å². The van der Waals surface area contributed by atoms with Crippen molar-refractivity contribution in [3.63, 3.8) is 0 Å². The summed E-state index contributed by atoms with van der Waals surface area (Å²) in [5.74, 6) is 3.44. The van der Waals surface area contributed by atoms with Crippen LogP contribution in [0.3, 0.4) is 0 Å². The third kappa shape index (κ3) is 1.94. The van der Waals surface area contributed by atoms with Gasteiger partial charge < -0.3 is 5.11 Å². The number of hydrogen-bond acceptors (Lipinski definition) is 1. The lowest BCUT2D eigenvalue weighted by Gasteiger charge is -2.55. The van der Waals surface area contributed by atoms with E-state index in [1.807, 2.05) is 6.08 Å². The molecule has 0 radical (unpaired) electrons. The Hall–Kier alpha value is -0.560. The van der Waals surface area contributed by atoms with E-state index in [1.165, 1.54) is 51.4 Å². The summed E-state index contributed by atoms with van der Waals surface area (Å²) in [6, 6.07) is 0. The molecule has 0 unspecified atom stereocenters. The van der Waals surface area contributed by atoms with E-state index in [2.05, 4.69) is 19.6 Å². The number of allylic oxidation sites excluding steroid dienone is 2. The highest BCUT2D eigenvalue weighted by Gasteiger charge is 2.61. The maximum atomic E-state index is 11.3. The summed E-state index contributed by atoms with van der Waals surface area (Å²) in [5, 5.41) is 11.3. The highest BCUT2D eigenvalue weighted by Crippen LogP contribution is 2.65. The molecule has 3 fully saturated rings. The predicted molar refractivity (Wildman–Crippen MR) is 91.5 cm³/mol. The number of rotatable bonds is 2. The Balaban J connectivity index is 1.62. The van der Waals surface area contributed by atoms with Gasteiger partial charge in [0.2, 0.25) is 0 Å². The molecule has 1 nitrogen and oxygen atoms in total. The zero-order chi connectivity index (χ0) is 15.4. The zero-order valence-corrected chi connectivity index (χ0v) is 14.2. The van der Waals surface area contributed by atoms with Crippen LogP contribution >= 0.6 is 0 Å². The summed E-state index contributed by atoms with van der Waals surface area (Å²) in [5.41, 5.74) is 1.46. The first kappa shape index (κ1) is 15.0. The molecule has 3 saturated carbocycles. The van der Waals surface area contributed by atoms with E-state index in [-0.39, 0.29) is 5.41 Å². The lowest BCUT2D eigenvalue weighted by Crippen LogP contribution is -2.52. The van der Waals surface area contributed by atoms with E-state index in [4.69, 9.17) is 0 Å². The van der Waals surface area contributed by atoms with E-state index in [0.717, 1.165) is 36.5 Å². The van der Waals surface area contributed by atoms with Gasteiger partial charge in [-0.15, -0.1) is 6.58 Å². The molecule has 0 aromatic heterocycles. The van der Waals surface area contributed by atoms with Crippen LogP contribution < -0.4 is 0 Å². The molecule has 6 atom stereocenters. The van der Waals surface area contributed by atoms with E-state index in [9.17, 15) is 5.11 Å². The molecule has 0 amide bonds. The molecule has 0 heterocycles. The van der Waals surface area contributed by atoms with E-state index >= 15 is 0 Å². The fourth-order valence-corrected chi connectivity index (χ4v) is 6.99. The zero-order valence-electron chi connectivity index (χ0n) is 14.2. The van der Waals surface area contributed by atoms with Crippen molar-refractivity contribution in [1.82, 2.24) is 0 Å². The van der Waals surface area contributed by atoms with Gasteiger partial charge in [-0.05, 0) is 93.3 Å². The van der Waals surface area contributed by atoms with Crippen molar-refractivity contribution >= 4 is 0 Å². The normalized spacial score (nSPS) is 50.5. The third-order valence-corrected chi connectivity index (χ3v) is 8.18. The van der Waals surface area contributed by atoms with Crippen molar-refractivity contribution in [3.8, 4) is 0 Å². The van der Waals surface area contributed by atoms with Crippen LogP contribution in [0.2, 0.25) is 0 Å². The molecule has 0 bridgehead atoms. The molecule has 1 heteroatoms. The fraction of sp³-hybridized carbons (Fsp3) is 0.810.